The fraction of sp³-hybridized carbons (Fsp3) is 0.586. The third kappa shape index (κ3) is 2.86. The van der Waals surface area contributed by atoms with Crippen LogP contribution in [-0.4, -0.2) is 17.7 Å². The number of allylic oxidation sites excluding steroid dienone is 5. The van der Waals surface area contributed by atoms with Gasteiger partial charge in [0.2, 0.25) is 0 Å². The van der Waals surface area contributed by atoms with Crippen molar-refractivity contribution >= 4 is 29.4 Å². The van der Waals surface area contributed by atoms with Crippen molar-refractivity contribution in [2.24, 2.45) is 10.8 Å². The van der Waals surface area contributed by atoms with Gasteiger partial charge in [0.1, 0.15) is 0 Å². The molecule has 0 aliphatic heterocycles. The Balaban J connectivity index is 1.89. The average molecular weight is 393 g/mol. The van der Waals surface area contributed by atoms with E-state index in [4.69, 9.17) is 0 Å². The third-order valence-electron chi connectivity index (χ3n) is 8.88. The molecule has 0 fully saturated rings. The van der Waals surface area contributed by atoms with E-state index >= 15 is 0 Å². The SMILES string of the molecule is [Li][CH]1CC(C)(C)c2c3c(c4c(c2C1(C)C)CC1=C4CC(C)(C)C=C1)CC(C)(C)C=C3. The second kappa shape index (κ2) is 6.08. The van der Waals surface area contributed by atoms with Gasteiger partial charge >= 0.3 is 194 Å². The molecule has 0 heterocycles. The van der Waals surface area contributed by atoms with Gasteiger partial charge in [-0.15, -0.1) is 0 Å². The van der Waals surface area contributed by atoms with Crippen LogP contribution in [0.1, 0.15) is 102 Å². The van der Waals surface area contributed by atoms with Crippen LogP contribution in [0.2, 0.25) is 4.59 Å². The summed E-state index contributed by atoms with van der Waals surface area (Å²) in [7, 11) is 0. The molecule has 0 saturated carbocycles. The Hall–Kier alpha value is -0.963. The van der Waals surface area contributed by atoms with E-state index < -0.39 is 0 Å². The molecule has 1 atom stereocenters. The van der Waals surface area contributed by atoms with E-state index in [2.05, 4.69) is 97.4 Å². The summed E-state index contributed by atoms with van der Waals surface area (Å²) in [6, 6.07) is 0. The summed E-state index contributed by atoms with van der Waals surface area (Å²) in [5.41, 5.74) is 14.2. The molecule has 0 N–H and O–H groups in total. The molecule has 0 bridgehead atoms. The van der Waals surface area contributed by atoms with E-state index in [-0.39, 0.29) is 21.7 Å². The van der Waals surface area contributed by atoms with Crippen LogP contribution >= 0.6 is 0 Å². The number of hydrogen-bond acceptors (Lipinski definition) is 0. The molecule has 1 unspecified atom stereocenters. The number of rotatable bonds is 0. The Bertz CT molecular complexity index is 1050. The molecule has 4 aliphatic rings. The Morgan fingerprint density at radius 2 is 1.43 bits per heavy atom. The van der Waals surface area contributed by atoms with E-state index in [1.165, 1.54) is 19.3 Å². The van der Waals surface area contributed by atoms with Crippen molar-refractivity contribution in [1.29, 1.82) is 0 Å². The summed E-state index contributed by atoms with van der Waals surface area (Å²) in [4.78, 5) is 0. The number of hydrogen-bond donors (Lipinski definition) is 0. The zero-order chi connectivity index (χ0) is 21.9. The van der Waals surface area contributed by atoms with Gasteiger partial charge in [-0.3, -0.25) is 0 Å². The predicted octanol–water partition coefficient (Wildman–Crippen LogP) is 7.49. The molecule has 1 aromatic rings. The minimum absolute atomic E-state index is 0.221. The van der Waals surface area contributed by atoms with Crippen molar-refractivity contribution in [2.75, 3.05) is 0 Å². The fourth-order valence-corrected chi connectivity index (χ4v) is 7.05. The molecule has 30 heavy (non-hydrogen) atoms. The maximum absolute atomic E-state index is 2.52. The van der Waals surface area contributed by atoms with Gasteiger partial charge in [-0.25, -0.2) is 0 Å². The van der Waals surface area contributed by atoms with Crippen LogP contribution in [-0.2, 0) is 23.7 Å². The average Bonchev–Trinajstić information content (AvgIpc) is 2.95. The molecule has 1 heteroatoms. The normalized spacial score (nSPS) is 28.7. The van der Waals surface area contributed by atoms with E-state index in [0.29, 0.717) is 4.59 Å². The molecule has 0 radical (unpaired) electrons. The molecule has 0 saturated heterocycles. The first-order valence-electron chi connectivity index (χ1n) is 12.1. The van der Waals surface area contributed by atoms with Crippen LogP contribution in [0.5, 0.6) is 0 Å². The van der Waals surface area contributed by atoms with Crippen LogP contribution in [0.3, 0.4) is 0 Å². The molecular weight excluding hydrogens is 355 g/mol. The Morgan fingerprint density at radius 1 is 0.800 bits per heavy atom. The van der Waals surface area contributed by atoms with Crippen molar-refractivity contribution in [1.82, 2.24) is 0 Å². The summed E-state index contributed by atoms with van der Waals surface area (Å²) in [5, 5.41) is 0. The topological polar surface area (TPSA) is 0 Å². The minimum atomic E-state index is 0.221. The van der Waals surface area contributed by atoms with Crippen LogP contribution < -0.4 is 0 Å². The van der Waals surface area contributed by atoms with Crippen molar-refractivity contribution in [2.45, 2.75) is 96.5 Å². The van der Waals surface area contributed by atoms with Gasteiger partial charge < -0.3 is 0 Å². The van der Waals surface area contributed by atoms with Gasteiger partial charge in [-0.05, 0) is 0 Å². The molecule has 154 valence electrons. The monoisotopic (exact) mass is 392 g/mol. The first kappa shape index (κ1) is 20.9. The molecule has 0 amide bonds. The number of fused-ring (bicyclic) bond motifs is 7. The third-order valence-corrected chi connectivity index (χ3v) is 8.88. The summed E-state index contributed by atoms with van der Waals surface area (Å²) in [5.74, 6) is 0. The Labute approximate surface area is 193 Å². The van der Waals surface area contributed by atoms with Gasteiger partial charge in [0.15, 0.2) is 0 Å². The molecule has 0 aromatic heterocycles. The number of benzene rings is 1. The zero-order valence-electron chi connectivity index (χ0n) is 20.7. The van der Waals surface area contributed by atoms with Gasteiger partial charge in [0.25, 0.3) is 0 Å². The quantitative estimate of drug-likeness (QED) is 0.401. The van der Waals surface area contributed by atoms with E-state index in [1.807, 2.05) is 0 Å². The first-order chi connectivity index (χ1) is 13.7. The van der Waals surface area contributed by atoms with Crippen LogP contribution in [0.15, 0.2) is 23.8 Å². The maximum atomic E-state index is 2.52. The Kier molecular flexibility index (Phi) is 4.24. The van der Waals surface area contributed by atoms with E-state index in [0.717, 1.165) is 6.42 Å². The van der Waals surface area contributed by atoms with E-state index in [1.54, 1.807) is 44.5 Å². The second-order valence-corrected chi connectivity index (χ2v) is 13.4. The summed E-state index contributed by atoms with van der Waals surface area (Å²) < 4.78 is 0.691. The molecular formula is C29H37Li. The predicted molar refractivity (Wildman–Crippen MR) is 131 cm³/mol. The fourth-order valence-electron chi connectivity index (χ4n) is 7.05. The van der Waals surface area contributed by atoms with Crippen LogP contribution in [0.25, 0.3) is 11.6 Å². The Morgan fingerprint density at radius 3 is 2.13 bits per heavy atom. The summed E-state index contributed by atoms with van der Waals surface area (Å²) >= 11 is 2.49. The van der Waals surface area contributed by atoms with Crippen molar-refractivity contribution in [3.63, 3.8) is 0 Å². The summed E-state index contributed by atoms with van der Waals surface area (Å²) in [6.45, 7) is 19.7. The van der Waals surface area contributed by atoms with Gasteiger partial charge in [0.05, 0.1) is 0 Å². The molecule has 0 spiro atoms. The molecule has 1 aromatic carbocycles. The van der Waals surface area contributed by atoms with Crippen LogP contribution in [0, 0.1) is 10.8 Å². The van der Waals surface area contributed by atoms with E-state index in [9.17, 15) is 0 Å². The molecule has 0 nitrogen and oxygen atoms in total. The molecule has 5 rings (SSSR count). The standard InChI is InChI=1S/C29H37.Li/c1-26(2)11-9-18-15-20-23(21(18)16-26)22-17-27(3,4)12-10-19(22)24-25(20)29(7,8)14-13-28(24,5)6;/h9-12,14H,13,15-17H2,1-8H3;. The zero-order valence-corrected chi connectivity index (χ0v) is 20.7. The van der Waals surface area contributed by atoms with Gasteiger partial charge in [-0.1, -0.05) is 0 Å². The van der Waals surface area contributed by atoms with Gasteiger partial charge in [-0.2, -0.15) is 0 Å². The summed E-state index contributed by atoms with van der Waals surface area (Å²) in [6.07, 6.45) is 14.7. The second-order valence-electron chi connectivity index (χ2n) is 13.4. The van der Waals surface area contributed by atoms with Gasteiger partial charge in [0, 0.05) is 0 Å². The van der Waals surface area contributed by atoms with Crippen molar-refractivity contribution < 1.29 is 0 Å². The molecule has 4 aliphatic carbocycles. The van der Waals surface area contributed by atoms with Crippen molar-refractivity contribution in [3.05, 3.63) is 57.2 Å². The van der Waals surface area contributed by atoms with Crippen molar-refractivity contribution in [3.8, 4) is 0 Å². The first-order valence-corrected chi connectivity index (χ1v) is 12.1. The van der Waals surface area contributed by atoms with Crippen LogP contribution in [0.4, 0.5) is 0 Å².